The van der Waals surface area contributed by atoms with E-state index in [9.17, 15) is 9.59 Å². The number of ether oxygens (including phenoxy) is 2. The fourth-order valence-corrected chi connectivity index (χ4v) is 0.595. The van der Waals surface area contributed by atoms with E-state index in [1.54, 1.807) is 6.92 Å². The second-order valence-electron chi connectivity index (χ2n) is 4.00. The first kappa shape index (κ1) is 25.5. The molecular formula is C14H30O4. The summed E-state index contributed by atoms with van der Waals surface area (Å²) in [7, 11) is 2.75. The third kappa shape index (κ3) is 11.2. The van der Waals surface area contributed by atoms with Crippen LogP contribution in [0, 0.1) is 5.41 Å². The van der Waals surface area contributed by atoms with Crippen LogP contribution in [0.5, 0.6) is 0 Å². The monoisotopic (exact) mass is 262 g/mol. The van der Waals surface area contributed by atoms with Gasteiger partial charge in [0.2, 0.25) is 0 Å². The van der Waals surface area contributed by atoms with Crippen LogP contribution >= 0.6 is 0 Å². The fourth-order valence-electron chi connectivity index (χ4n) is 0.595. The van der Waals surface area contributed by atoms with Crippen molar-refractivity contribution in [2.45, 2.75) is 49.0 Å². The molecule has 4 heteroatoms. The lowest BCUT2D eigenvalue weighted by Gasteiger charge is -2.17. The lowest BCUT2D eigenvalue weighted by atomic mass is 9.91. The molecule has 0 N–H and O–H groups in total. The Morgan fingerprint density at radius 1 is 1.11 bits per heavy atom. The van der Waals surface area contributed by atoms with Crippen LogP contribution in [0.1, 0.15) is 49.0 Å². The van der Waals surface area contributed by atoms with Crippen LogP contribution in [-0.4, -0.2) is 26.2 Å². The summed E-state index contributed by atoms with van der Waals surface area (Å²) in [5.74, 6) is -0.481. The Bertz CT molecular complexity index is 255. The van der Waals surface area contributed by atoms with Crippen molar-refractivity contribution in [1.29, 1.82) is 0 Å². The number of carbonyl (C=O) groups excluding carboxylic acids is 2. The molecule has 0 amide bonds. The summed E-state index contributed by atoms with van der Waals surface area (Å²) < 4.78 is 8.84. The molecule has 110 valence electrons. The molecule has 0 rings (SSSR count). The van der Waals surface area contributed by atoms with Gasteiger partial charge in [-0.2, -0.15) is 0 Å². The number of rotatable bonds is 3. The molecule has 0 radical (unpaired) electrons. The Morgan fingerprint density at radius 3 is 1.56 bits per heavy atom. The van der Waals surface area contributed by atoms with Gasteiger partial charge in [-0.15, -0.1) is 0 Å². The van der Waals surface area contributed by atoms with Gasteiger partial charge in [0.25, 0.3) is 0 Å². The molecule has 0 aliphatic heterocycles. The van der Waals surface area contributed by atoms with E-state index < -0.39 is 0 Å². The zero-order chi connectivity index (χ0) is 13.4. The normalized spacial score (nSPS) is 8.56. The molecule has 4 nitrogen and oxygen atoms in total. The summed E-state index contributed by atoms with van der Waals surface area (Å²) in [6.45, 7) is 10.7. The van der Waals surface area contributed by atoms with Crippen molar-refractivity contribution in [2.24, 2.45) is 5.41 Å². The Balaban J connectivity index is -0.000000100. The van der Waals surface area contributed by atoms with Gasteiger partial charge in [0.05, 0.1) is 19.6 Å². The Labute approximate surface area is 112 Å². The molecule has 0 saturated carbocycles. The van der Waals surface area contributed by atoms with Crippen molar-refractivity contribution in [3.63, 3.8) is 0 Å². The van der Waals surface area contributed by atoms with Crippen LogP contribution in [0.2, 0.25) is 0 Å². The van der Waals surface area contributed by atoms with Gasteiger partial charge in [0, 0.05) is 5.57 Å². The fraction of sp³-hybridized carbons (Fsp3) is 0.714. The highest BCUT2D eigenvalue weighted by molar-refractivity contribution is 5.86. The Kier molecular flexibility index (Phi) is 17.2. The minimum atomic E-state index is -0.347. The standard InChI is InChI=1S/C7H14O2.C5H8O2.2CH4/c1-5-7(2,3)6(8)9-4;1-4(2)5(6)7-3;;/h5H2,1-4H3;1H2,2-3H3;2*1H4. The first-order chi connectivity index (χ1) is 7.22. The van der Waals surface area contributed by atoms with E-state index in [1.807, 2.05) is 20.8 Å². The first-order valence-corrected chi connectivity index (χ1v) is 5.05. The molecule has 0 aliphatic rings. The molecule has 0 heterocycles. The topological polar surface area (TPSA) is 52.6 Å². The maximum atomic E-state index is 10.8. The highest BCUT2D eigenvalue weighted by Crippen LogP contribution is 2.20. The minimum absolute atomic E-state index is 0. The highest BCUT2D eigenvalue weighted by atomic mass is 16.5. The van der Waals surface area contributed by atoms with Gasteiger partial charge in [-0.3, -0.25) is 4.79 Å². The summed E-state index contributed by atoms with van der Waals surface area (Å²) in [6, 6.07) is 0. The van der Waals surface area contributed by atoms with Gasteiger partial charge in [0.15, 0.2) is 0 Å². The maximum Gasteiger partial charge on any atom is 0.332 e. The van der Waals surface area contributed by atoms with E-state index in [-0.39, 0.29) is 32.2 Å². The van der Waals surface area contributed by atoms with E-state index in [1.165, 1.54) is 14.2 Å². The van der Waals surface area contributed by atoms with Crippen LogP contribution in [-0.2, 0) is 19.1 Å². The van der Waals surface area contributed by atoms with Crippen molar-refractivity contribution < 1.29 is 19.1 Å². The summed E-state index contributed by atoms with van der Waals surface area (Å²) in [5, 5.41) is 0. The molecule has 0 spiro atoms. The molecule has 0 aliphatic carbocycles. The molecule has 0 aromatic rings. The average Bonchev–Trinajstić information content (AvgIpc) is 2.27. The number of methoxy groups -OCH3 is 2. The molecule has 0 bridgehead atoms. The van der Waals surface area contributed by atoms with Crippen molar-refractivity contribution in [3.8, 4) is 0 Å². The average molecular weight is 262 g/mol. The number of hydrogen-bond donors (Lipinski definition) is 0. The number of esters is 2. The van der Waals surface area contributed by atoms with E-state index >= 15 is 0 Å². The van der Waals surface area contributed by atoms with Gasteiger partial charge in [-0.25, -0.2) is 4.79 Å². The van der Waals surface area contributed by atoms with Crippen molar-refractivity contribution in [1.82, 2.24) is 0 Å². The van der Waals surface area contributed by atoms with E-state index in [0.29, 0.717) is 5.57 Å². The highest BCUT2D eigenvalue weighted by Gasteiger charge is 2.25. The SMILES string of the molecule is C.C.C=C(C)C(=O)OC.CCC(C)(C)C(=O)OC. The van der Waals surface area contributed by atoms with Gasteiger partial charge >= 0.3 is 11.9 Å². The summed E-state index contributed by atoms with van der Waals surface area (Å²) in [6.07, 6.45) is 0.819. The second kappa shape index (κ2) is 12.1. The van der Waals surface area contributed by atoms with Crippen molar-refractivity contribution in [2.75, 3.05) is 14.2 Å². The minimum Gasteiger partial charge on any atom is -0.469 e. The van der Waals surface area contributed by atoms with Crippen LogP contribution in [0.25, 0.3) is 0 Å². The summed E-state index contributed by atoms with van der Waals surface area (Å²) in [4.78, 5) is 21.0. The predicted molar refractivity (Wildman–Crippen MR) is 76.4 cm³/mol. The third-order valence-corrected chi connectivity index (χ3v) is 2.16. The van der Waals surface area contributed by atoms with Crippen LogP contribution in [0.3, 0.4) is 0 Å². The zero-order valence-electron chi connectivity index (χ0n) is 11.0. The Hall–Kier alpha value is -1.32. The summed E-state index contributed by atoms with van der Waals surface area (Å²) >= 11 is 0. The molecule has 0 saturated heterocycles. The van der Waals surface area contributed by atoms with Crippen LogP contribution in [0.15, 0.2) is 12.2 Å². The molecule has 0 atom stereocenters. The molecule has 0 aromatic heterocycles. The Morgan fingerprint density at radius 2 is 1.50 bits per heavy atom. The van der Waals surface area contributed by atoms with Gasteiger partial charge < -0.3 is 9.47 Å². The maximum absolute atomic E-state index is 10.8. The quantitative estimate of drug-likeness (QED) is 0.576. The number of hydrogen-bond acceptors (Lipinski definition) is 4. The van der Waals surface area contributed by atoms with E-state index in [4.69, 9.17) is 0 Å². The molecular weight excluding hydrogens is 232 g/mol. The molecule has 0 fully saturated rings. The van der Waals surface area contributed by atoms with E-state index in [0.717, 1.165) is 6.42 Å². The lowest BCUT2D eigenvalue weighted by Crippen LogP contribution is -2.24. The van der Waals surface area contributed by atoms with Gasteiger partial charge in [-0.1, -0.05) is 28.4 Å². The first-order valence-electron chi connectivity index (χ1n) is 5.05. The van der Waals surface area contributed by atoms with Crippen LogP contribution in [0.4, 0.5) is 0 Å². The third-order valence-electron chi connectivity index (χ3n) is 2.16. The smallest absolute Gasteiger partial charge is 0.332 e. The largest absolute Gasteiger partial charge is 0.469 e. The van der Waals surface area contributed by atoms with Crippen LogP contribution < -0.4 is 0 Å². The van der Waals surface area contributed by atoms with Crippen molar-refractivity contribution >= 4 is 11.9 Å². The zero-order valence-corrected chi connectivity index (χ0v) is 11.0. The lowest BCUT2D eigenvalue weighted by molar-refractivity contribution is -0.150. The summed E-state index contributed by atoms with van der Waals surface area (Å²) in [5.41, 5.74) is 0.122. The predicted octanol–water partition coefficient (Wildman–Crippen LogP) is 3.60. The molecule has 0 aromatic carbocycles. The number of carbonyl (C=O) groups is 2. The second-order valence-corrected chi connectivity index (χ2v) is 4.00. The molecule has 0 unspecified atom stereocenters. The van der Waals surface area contributed by atoms with Crippen molar-refractivity contribution in [3.05, 3.63) is 12.2 Å². The van der Waals surface area contributed by atoms with Gasteiger partial charge in [-0.05, 0) is 27.2 Å². The van der Waals surface area contributed by atoms with E-state index in [2.05, 4.69) is 16.1 Å². The van der Waals surface area contributed by atoms with Gasteiger partial charge in [0.1, 0.15) is 0 Å². The molecule has 18 heavy (non-hydrogen) atoms.